The highest BCUT2D eigenvalue weighted by Crippen LogP contribution is 2.33. The molecule has 1 aliphatic heterocycles. The van der Waals surface area contributed by atoms with E-state index in [0.29, 0.717) is 41.3 Å². The Bertz CT molecular complexity index is 1720. The molecule has 1 saturated carbocycles. The zero-order valence-corrected chi connectivity index (χ0v) is 28.4. The van der Waals surface area contributed by atoms with Gasteiger partial charge in [0.1, 0.15) is 34.3 Å². The molecule has 3 aromatic heterocycles. The summed E-state index contributed by atoms with van der Waals surface area (Å²) in [6.45, 7) is 5.66. The summed E-state index contributed by atoms with van der Waals surface area (Å²) >= 11 is 1.06. The van der Waals surface area contributed by atoms with E-state index >= 15 is 0 Å². The third kappa shape index (κ3) is 8.67. The Morgan fingerprint density at radius 2 is 1.88 bits per heavy atom. The normalized spacial score (nSPS) is 18.3. The molecule has 4 aromatic rings. The van der Waals surface area contributed by atoms with Crippen LogP contribution in [0.3, 0.4) is 0 Å². The van der Waals surface area contributed by atoms with Crippen molar-refractivity contribution in [2.45, 2.75) is 102 Å². The second-order valence-electron chi connectivity index (χ2n) is 13.7. The topological polar surface area (TPSA) is 99.2 Å². The SMILES string of the molecule is CCC(O)(COCCC1CCCCC1)Cn1c(C#N)cc2cc(CN3CCC(Nc4ncnc5sc(CC(F)(F)F)cc45)CC3)ccc21. The van der Waals surface area contributed by atoms with Crippen LogP contribution < -0.4 is 5.32 Å². The summed E-state index contributed by atoms with van der Waals surface area (Å²) in [6, 6.07) is 12.2. The van der Waals surface area contributed by atoms with Crippen molar-refractivity contribution >= 4 is 38.3 Å². The quantitative estimate of drug-likeness (QED) is 0.139. The number of thiophene rings is 1. The number of anilines is 1. The highest BCUT2D eigenvalue weighted by atomic mass is 32.1. The summed E-state index contributed by atoms with van der Waals surface area (Å²) in [4.78, 5) is 11.7. The minimum absolute atomic E-state index is 0.161. The highest BCUT2D eigenvalue weighted by Gasteiger charge is 2.30. The van der Waals surface area contributed by atoms with Crippen LogP contribution in [-0.2, 0) is 24.2 Å². The number of fused-ring (bicyclic) bond motifs is 2. The summed E-state index contributed by atoms with van der Waals surface area (Å²) in [7, 11) is 0. The van der Waals surface area contributed by atoms with Gasteiger partial charge in [0, 0.05) is 48.1 Å². The van der Waals surface area contributed by atoms with E-state index in [1.807, 2.05) is 23.6 Å². The molecule has 0 spiro atoms. The predicted molar refractivity (Wildman–Crippen MR) is 183 cm³/mol. The lowest BCUT2D eigenvalue weighted by Crippen LogP contribution is -2.39. The molecule has 48 heavy (non-hydrogen) atoms. The molecule has 1 unspecified atom stereocenters. The minimum atomic E-state index is -4.26. The predicted octanol–water partition coefficient (Wildman–Crippen LogP) is 7.83. The molecule has 12 heteroatoms. The Morgan fingerprint density at radius 3 is 2.60 bits per heavy atom. The maximum absolute atomic E-state index is 12.9. The molecule has 258 valence electrons. The molecule has 8 nitrogen and oxygen atoms in total. The van der Waals surface area contributed by atoms with Crippen LogP contribution in [0.15, 0.2) is 36.7 Å². The maximum atomic E-state index is 12.9. The number of benzene rings is 1. The second kappa shape index (κ2) is 15.1. The molecule has 1 atom stereocenters. The number of piperidine rings is 1. The van der Waals surface area contributed by atoms with E-state index in [0.717, 1.165) is 72.6 Å². The van der Waals surface area contributed by atoms with E-state index in [9.17, 15) is 23.5 Å². The van der Waals surface area contributed by atoms with E-state index in [4.69, 9.17) is 4.74 Å². The van der Waals surface area contributed by atoms with Crippen LogP contribution in [0.4, 0.5) is 19.0 Å². The number of nitriles is 1. The number of likely N-dealkylation sites (tertiary alicyclic amines) is 1. The molecule has 1 saturated heterocycles. The molecular weight excluding hydrogens is 637 g/mol. The van der Waals surface area contributed by atoms with E-state index in [1.54, 1.807) is 6.07 Å². The van der Waals surface area contributed by atoms with E-state index in [2.05, 4.69) is 38.4 Å². The first-order valence-electron chi connectivity index (χ1n) is 17.2. The Balaban J connectivity index is 1.04. The van der Waals surface area contributed by atoms with Crippen LogP contribution in [0.5, 0.6) is 0 Å². The zero-order chi connectivity index (χ0) is 33.7. The average Bonchev–Trinajstić information content (AvgIpc) is 3.64. The molecule has 6 rings (SSSR count). The van der Waals surface area contributed by atoms with Crippen LogP contribution in [0.1, 0.15) is 80.8 Å². The number of nitrogens with one attached hydrogen (secondary N) is 1. The number of hydrogen-bond donors (Lipinski definition) is 2. The molecular formula is C36H45F3N6O2S. The monoisotopic (exact) mass is 682 g/mol. The lowest BCUT2D eigenvalue weighted by Gasteiger charge is -2.32. The Hall–Kier alpha value is -3.24. The van der Waals surface area contributed by atoms with Gasteiger partial charge in [-0.05, 0) is 61.4 Å². The highest BCUT2D eigenvalue weighted by molar-refractivity contribution is 7.18. The second-order valence-corrected chi connectivity index (χ2v) is 14.8. The molecule has 2 fully saturated rings. The molecule has 0 amide bonds. The van der Waals surface area contributed by atoms with Crippen molar-refractivity contribution in [2.24, 2.45) is 5.92 Å². The van der Waals surface area contributed by atoms with Crippen molar-refractivity contribution in [2.75, 3.05) is 31.6 Å². The number of hydrogen-bond acceptors (Lipinski definition) is 8. The van der Waals surface area contributed by atoms with Crippen LogP contribution in [0, 0.1) is 17.2 Å². The van der Waals surface area contributed by atoms with Crippen molar-refractivity contribution in [1.82, 2.24) is 19.4 Å². The van der Waals surface area contributed by atoms with Gasteiger partial charge in [0.15, 0.2) is 0 Å². The fourth-order valence-electron chi connectivity index (χ4n) is 7.22. The van der Waals surface area contributed by atoms with Crippen LogP contribution >= 0.6 is 11.3 Å². The van der Waals surface area contributed by atoms with Gasteiger partial charge in [0.2, 0.25) is 0 Å². The first kappa shape index (κ1) is 34.6. The summed E-state index contributed by atoms with van der Waals surface area (Å²) < 4.78 is 46.7. The first-order valence-corrected chi connectivity index (χ1v) is 18.0. The molecule has 2 aliphatic rings. The average molecular weight is 683 g/mol. The van der Waals surface area contributed by atoms with E-state index < -0.39 is 18.2 Å². The third-order valence-corrected chi connectivity index (χ3v) is 11.1. The summed E-state index contributed by atoms with van der Waals surface area (Å²) in [5.74, 6) is 1.32. The number of nitrogens with zero attached hydrogens (tertiary/aromatic N) is 5. The van der Waals surface area contributed by atoms with Crippen molar-refractivity contribution in [1.29, 1.82) is 5.26 Å². The number of halogens is 3. The lowest BCUT2D eigenvalue weighted by atomic mass is 9.87. The van der Waals surface area contributed by atoms with Crippen molar-refractivity contribution in [3.63, 3.8) is 0 Å². The number of alkyl halides is 3. The van der Waals surface area contributed by atoms with Gasteiger partial charge in [-0.25, -0.2) is 9.97 Å². The van der Waals surface area contributed by atoms with Gasteiger partial charge in [-0.15, -0.1) is 11.3 Å². The van der Waals surface area contributed by atoms with Gasteiger partial charge >= 0.3 is 6.18 Å². The molecule has 1 aliphatic carbocycles. The number of aliphatic hydroxyl groups is 1. The summed E-state index contributed by atoms with van der Waals surface area (Å²) in [5.41, 5.74) is 1.54. The Kier molecular flexibility index (Phi) is 10.9. The van der Waals surface area contributed by atoms with Crippen LogP contribution in [-0.4, -0.2) is 68.7 Å². The van der Waals surface area contributed by atoms with Crippen molar-refractivity contribution in [3.8, 4) is 6.07 Å². The van der Waals surface area contributed by atoms with Crippen molar-refractivity contribution in [3.05, 3.63) is 52.8 Å². The summed E-state index contributed by atoms with van der Waals surface area (Å²) in [6.07, 6.45) is 6.03. The fraction of sp³-hybridized carbons (Fsp3) is 0.583. The molecule has 0 bridgehead atoms. The van der Waals surface area contributed by atoms with Gasteiger partial charge in [-0.2, -0.15) is 18.4 Å². The van der Waals surface area contributed by atoms with Gasteiger partial charge in [-0.1, -0.05) is 45.1 Å². The fourth-order valence-corrected chi connectivity index (χ4v) is 8.24. The zero-order valence-electron chi connectivity index (χ0n) is 27.6. The Morgan fingerprint density at radius 1 is 1.08 bits per heavy atom. The maximum Gasteiger partial charge on any atom is 0.393 e. The minimum Gasteiger partial charge on any atom is -0.386 e. The standard InChI is InChI=1S/C36H45F3N6O2S/c1-2-35(46,23-47-15-12-25-6-4-3-5-7-25)22-45-29(20-40)17-27-16-26(8-9-32(27)45)21-44-13-10-28(11-14-44)43-33-31-18-30(19-36(37,38)39)48-34(31)42-24-41-33/h8-9,16-18,24-25,28,46H,2-7,10-15,19,21-23H2,1H3,(H,41,42,43). The van der Waals surface area contributed by atoms with Crippen molar-refractivity contribution < 1.29 is 23.0 Å². The molecule has 0 radical (unpaired) electrons. The Labute approximate surface area is 283 Å². The molecule has 2 N–H and O–H groups in total. The van der Waals surface area contributed by atoms with Gasteiger partial charge in [0.25, 0.3) is 0 Å². The number of rotatable bonds is 13. The lowest BCUT2D eigenvalue weighted by molar-refractivity contribution is -0.126. The van der Waals surface area contributed by atoms with Gasteiger partial charge < -0.3 is 19.7 Å². The number of aromatic nitrogens is 3. The number of ether oxygens (including phenoxy) is 1. The summed E-state index contributed by atoms with van der Waals surface area (Å²) in [5, 5.41) is 26.5. The molecule has 4 heterocycles. The smallest absolute Gasteiger partial charge is 0.386 e. The van der Waals surface area contributed by atoms with E-state index in [-0.39, 0.29) is 17.5 Å². The molecule has 1 aromatic carbocycles. The van der Waals surface area contributed by atoms with Gasteiger partial charge in [0.05, 0.1) is 25.0 Å². The largest absolute Gasteiger partial charge is 0.393 e. The van der Waals surface area contributed by atoms with Gasteiger partial charge in [-0.3, -0.25) is 4.90 Å². The van der Waals surface area contributed by atoms with Crippen LogP contribution in [0.25, 0.3) is 21.1 Å². The first-order chi connectivity index (χ1) is 23.1. The van der Waals surface area contributed by atoms with Crippen LogP contribution in [0.2, 0.25) is 0 Å². The third-order valence-electron chi connectivity index (χ3n) is 10.0. The van der Waals surface area contributed by atoms with E-state index in [1.165, 1.54) is 38.4 Å².